The van der Waals surface area contributed by atoms with Gasteiger partial charge in [0.2, 0.25) is 5.52 Å². The van der Waals surface area contributed by atoms with Crippen molar-refractivity contribution in [2.75, 3.05) is 30.9 Å². The monoisotopic (exact) mass is 461 g/mol. The number of anilines is 1. The van der Waals surface area contributed by atoms with E-state index in [1.807, 2.05) is 18.2 Å². The molecule has 0 unspecified atom stereocenters. The number of benzene rings is 2. The van der Waals surface area contributed by atoms with Crippen molar-refractivity contribution in [3.63, 3.8) is 0 Å². The van der Waals surface area contributed by atoms with Crippen molar-refractivity contribution in [2.24, 2.45) is 0 Å². The van der Waals surface area contributed by atoms with Crippen LogP contribution < -0.4 is 14.2 Å². The topological polar surface area (TPSA) is 70.7 Å². The number of hydrogen-bond acceptors (Lipinski definition) is 5. The molecule has 1 N–H and O–H groups in total. The molecule has 31 heavy (non-hydrogen) atoms. The molecule has 1 aromatic heterocycles. The van der Waals surface area contributed by atoms with Crippen molar-refractivity contribution < 1.29 is 22.3 Å². The van der Waals surface area contributed by atoms with E-state index in [0.29, 0.717) is 13.0 Å². The van der Waals surface area contributed by atoms with Crippen LogP contribution in [-0.2, 0) is 16.7 Å². The Morgan fingerprint density at radius 3 is 2.42 bits per heavy atom. The number of aryl methyl sites for hydroxylation is 1. The van der Waals surface area contributed by atoms with E-state index < -0.39 is 10.1 Å². The predicted octanol–water partition coefficient (Wildman–Crippen LogP) is 4.49. The summed E-state index contributed by atoms with van der Waals surface area (Å²) in [5.74, 6) is 0.480. The van der Waals surface area contributed by atoms with E-state index in [1.54, 1.807) is 18.4 Å². The third kappa shape index (κ3) is 6.06. The molecule has 8 heteroatoms. The number of aromatic nitrogens is 1. The van der Waals surface area contributed by atoms with Crippen molar-refractivity contribution in [3.05, 3.63) is 53.0 Å². The fraction of sp³-hybridized carbons (Fsp3) is 0.348. The van der Waals surface area contributed by atoms with Crippen LogP contribution in [0, 0.1) is 0 Å². The third-order valence-electron chi connectivity index (χ3n) is 5.16. The first-order chi connectivity index (χ1) is 14.8. The van der Waals surface area contributed by atoms with Gasteiger partial charge in [0, 0.05) is 31.3 Å². The fourth-order valence-electron chi connectivity index (χ4n) is 3.52. The van der Waals surface area contributed by atoms with Gasteiger partial charge in [0.05, 0.1) is 18.9 Å². The van der Waals surface area contributed by atoms with Crippen LogP contribution in [0.15, 0.2) is 42.5 Å². The molecule has 166 valence electrons. The lowest BCUT2D eigenvalue weighted by Gasteiger charge is -2.20. The molecule has 3 aromatic rings. The molecule has 6 nitrogen and oxygen atoms in total. The molecule has 0 spiro atoms. The number of rotatable bonds is 10. The van der Waals surface area contributed by atoms with E-state index in [2.05, 4.69) is 59.7 Å². The van der Waals surface area contributed by atoms with Crippen LogP contribution in [0.5, 0.6) is 5.75 Å². The Hall–Kier alpha value is -2.42. The first kappa shape index (κ1) is 23.2. The molecule has 0 aliphatic carbocycles. The summed E-state index contributed by atoms with van der Waals surface area (Å²) in [5, 5.41) is 1.01. The minimum absolute atomic E-state index is 0.267. The molecule has 0 bridgehead atoms. The summed E-state index contributed by atoms with van der Waals surface area (Å²) in [5.41, 5.74) is 3.28. The molecule has 0 aliphatic rings. The second kappa shape index (κ2) is 10.3. The van der Waals surface area contributed by atoms with Crippen LogP contribution in [0.3, 0.4) is 0 Å². The average molecular weight is 462 g/mol. The summed E-state index contributed by atoms with van der Waals surface area (Å²) in [6.45, 7) is 6.72. The van der Waals surface area contributed by atoms with Crippen LogP contribution in [0.25, 0.3) is 22.4 Å². The number of thiazole rings is 1. The highest BCUT2D eigenvalue weighted by atomic mass is 32.2. The van der Waals surface area contributed by atoms with Gasteiger partial charge in [-0.1, -0.05) is 23.5 Å². The molecule has 0 fully saturated rings. The smallest absolute Gasteiger partial charge is 0.265 e. The lowest BCUT2D eigenvalue weighted by atomic mass is 10.2. The Bertz CT molecular complexity index is 1150. The van der Waals surface area contributed by atoms with E-state index in [0.717, 1.165) is 39.6 Å². The Morgan fingerprint density at radius 1 is 1.10 bits per heavy atom. The van der Waals surface area contributed by atoms with Gasteiger partial charge in [-0.3, -0.25) is 4.55 Å². The fourth-order valence-corrected chi connectivity index (χ4v) is 5.08. The van der Waals surface area contributed by atoms with Crippen LogP contribution >= 0.6 is 11.3 Å². The van der Waals surface area contributed by atoms with Crippen LogP contribution in [0.1, 0.15) is 30.8 Å². The van der Waals surface area contributed by atoms with Gasteiger partial charge >= 0.3 is 0 Å². The summed E-state index contributed by atoms with van der Waals surface area (Å²) < 4.78 is 39.9. The van der Waals surface area contributed by atoms with E-state index in [-0.39, 0.29) is 5.75 Å². The van der Waals surface area contributed by atoms with E-state index in [4.69, 9.17) is 9.29 Å². The van der Waals surface area contributed by atoms with Crippen LogP contribution in [0.4, 0.5) is 5.69 Å². The molecular weight excluding hydrogens is 432 g/mol. The predicted molar refractivity (Wildman–Crippen MR) is 129 cm³/mol. The summed E-state index contributed by atoms with van der Waals surface area (Å²) in [4.78, 5) is 2.30. The molecule has 3 rings (SSSR count). The summed E-state index contributed by atoms with van der Waals surface area (Å²) in [6.07, 6.45) is 4.44. The van der Waals surface area contributed by atoms with Crippen molar-refractivity contribution in [1.82, 2.24) is 0 Å². The molecule has 2 aromatic carbocycles. The normalized spacial score (nSPS) is 12.0. The van der Waals surface area contributed by atoms with Gasteiger partial charge in [0.15, 0.2) is 6.54 Å². The first-order valence-electron chi connectivity index (χ1n) is 10.3. The molecular formula is C23H29N2O4S2+. The Morgan fingerprint density at radius 2 is 1.81 bits per heavy atom. The third-order valence-corrected chi connectivity index (χ3v) is 7.10. The number of nitrogens with zero attached hydrogens (tertiary/aromatic N) is 2. The van der Waals surface area contributed by atoms with Crippen molar-refractivity contribution in [1.29, 1.82) is 0 Å². The first-order valence-corrected chi connectivity index (χ1v) is 12.8. The van der Waals surface area contributed by atoms with E-state index in [9.17, 15) is 8.42 Å². The molecule has 0 saturated heterocycles. The largest absolute Gasteiger partial charge is 0.497 e. The second-order valence-electron chi connectivity index (χ2n) is 7.16. The van der Waals surface area contributed by atoms with E-state index >= 15 is 0 Å². The molecule has 0 aliphatic heterocycles. The summed E-state index contributed by atoms with van der Waals surface area (Å²) in [6, 6.07) is 14.3. The lowest BCUT2D eigenvalue weighted by molar-refractivity contribution is -0.668. The maximum absolute atomic E-state index is 11.1. The number of hydrogen-bond donors (Lipinski definition) is 1. The molecule has 0 saturated carbocycles. The number of ether oxygens (including phenoxy) is 1. The maximum Gasteiger partial charge on any atom is 0.265 e. The minimum Gasteiger partial charge on any atom is -0.497 e. The zero-order valence-electron chi connectivity index (χ0n) is 18.1. The maximum atomic E-state index is 11.1. The minimum atomic E-state index is -3.98. The number of methoxy groups -OCH3 is 1. The van der Waals surface area contributed by atoms with Gasteiger partial charge in [0.1, 0.15) is 10.4 Å². The zero-order chi connectivity index (χ0) is 22.4. The highest BCUT2D eigenvalue weighted by Crippen LogP contribution is 2.26. The highest BCUT2D eigenvalue weighted by molar-refractivity contribution is 7.85. The van der Waals surface area contributed by atoms with Crippen LogP contribution in [0.2, 0.25) is 0 Å². The quantitative estimate of drug-likeness (QED) is 0.356. The highest BCUT2D eigenvalue weighted by Gasteiger charge is 2.20. The molecule has 0 atom stereocenters. The van der Waals surface area contributed by atoms with Crippen molar-refractivity contribution in [3.8, 4) is 5.75 Å². The molecule has 1 heterocycles. The summed E-state index contributed by atoms with van der Waals surface area (Å²) in [7, 11) is -2.36. The summed E-state index contributed by atoms with van der Waals surface area (Å²) >= 11 is 1.64. The van der Waals surface area contributed by atoms with Crippen molar-refractivity contribution >= 4 is 49.5 Å². The average Bonchev–Trinajstić information content (AvgIpc) is 3.10. The lowest BCUT2D eigenvalue weighted by Crippen LogP contribution is -2.36. The van der Waals surface area contributed by atoms with Gasteiger partial charge in [-0.15, -0.1) is 0 Å². The zero-order valence-corrected chi connectivity index (χ0v) is 19.7. The second-order valence-corrected chi connectivity index (χ2v) is 9.80. The Labute approximate surface area is 188 Å². The standard InChI is InChI=1S/C23H28N2O4S2/c1-4-24(5-2)19-10-7-18(8-11-19)9-14-23-25(15-6-16-31(26,27)28)21-17-20(29-3)12-13-22(21)30-23/h7-14,17H,4-6,15-16H2,1-3H3/p+1. The molecule has 0 radical (unpaired) electrons. The van der Waals surface area contributed by atoms with Gasteiger partial charge in [-0.2, -0.15) is 13.0 Å². The Balaban J connectivity index is 1.90. The molecule has 0 amide bonds. The van der Waals surface area contributed by atoms with Crippen molar-refractivity contribution in [2.45, 2.75) is 26.8 Å². The van der Waals surface area contributed by atoms with Gasteiger partial charge in [-0.25, -0.2) is 0 Å². The van der Waals surface area contributed by atoms with Gasteiger partial charge in [-0.05, 0) is 49.8 Å². The van der Waals surface area contributed by atoms with Gasteiger partial charge < -0.3 is 9.64 Å². The Kier molecular flexibility index (Phi) is 7.69. The number of fused-ring (bicyclic) bond motifs is 1. The van der Waals surface area contributed by atoms with Gasteiger partial charge in [0.25, 0.3) is 15.1 Å². The van der Waals surface area contributed by atoms with E-state index in [1.165, 1.54) is 5.69 Å². The SMILES string of the molecule is CCN(CC)c1ccc(/C=C/c2sc3ccc(OC)cc3[n+]2CCCS(=O)(=O)O)cc1. The van der Waals surface area contributed by atoms with Crippen LogP contribution in [-0.4, -0.2) is 38.9 Å².